The molecule has 7 heteroatoms. The first-order valence-corrected chi connectivity index (χ1v) is 5.58. The predicted molar refractivity (Wildman–Crippen MR) is 64.1 cm³/mol. The molecule has 2 N–H and O–H groups in total. The summed E-state index contributed by atoms with van der Waals surface area (Å²) in [6.07, 6.45) is -0.202. The zero-order chi connectivity index (χ0) is 14.3. The van der Waals surface area contributed by atoms with Gasteiger partial charge in [-0.15, -0.1) is 0 Å². The van der Waals surface area contributed by atoms with Gasteiger partial charge in [0, 0.05) is 12.6 Å². The van der Waals surface area contributed by atoms with E-state index in [9.17, 15) is 14.4 Å². The molecule has 104 valence electrons. The number of carbonyl (C=O) groups is 3. The van der Waals surface area contributed by atoms with Crippen molar-refractivity contribution in [2.24, 2.45) is 0 Å². The largest absolute Gasteiger partial charge is 0.481 e. The van der Waals surface area contributed by atoms with E-state index < -0.39 is 23.5 Å². The maximum absolute atomic E-state index is 11.7. The number of ether oxygens (including phenoxy) is 1. The van der Waals surface area contributed by atoms with Crippen molar-refractivity contribution in [3.63, 3.8) is 0 Å². The number of hydrogen-bond donors (Lipinski definition) is 2. The zero-order valence-corrected chi connectivity index (χ0v) is 11.1. The van der Waals surface area contributed by atoms with Gasteiger partial charge < -0.3 is 20.1 Å². The second-order valence-electron chi connectivity index (χ2n) is 4.55. The quantitative estimate of drug-likeness (QED) is 0.676. The molecule has 0 unspecified atom stereocenters. The van der Waals surface area contributed by atoms with Gasteiger partial charge in [0.25, 0.3) is 0 Å². The van der Waals surface area contributed by atoms with Crippen LogP contribution in [0.2, 0.25) is 0 Å². The van der Waals surface area contributed by atoms with Crippen molar-refractivity contribution in [1.29, 1.82) is 0 Å². The molecule has 18 heavy (non-hydrogen) atoms. The Kier molecular flexibility index (Phi) is 6.15. The maximum atomic E-state index is 11.7. The van der Waals surface area contributed by atoms with E-state index in [2.05, 4.69) is 5.32 Å². The smallest absolute Gasteiger partial charge is 0.325 e. The first-order valence-electron chi connectivity index (χ1n) is 5.58. The van der Waals surface area contributed by atoms with Gasteiger partial charge in [-0.1, -0.05) is 0 Å². The van der Waals surface area contributed by atoms with Crippen molar-refractivity contribution in [1.82, 2.24) is 10.2 Å². The molecule has 0 aromatic heterocycles. The highest BCUT2D eigenvalue weighted by atomic mass is 16.5. The maximum Gasteiger partial charge on any atom is 0.325 e. The summed E-state index contributed by atoms with van der Waals surface area (Å²) in [5, 5.41) is 11.2. The number of likely N-dealkylation sites (N-methyl/N-ethyl adjacent to an activating group) is 1. The summed E-state index contributed by atoms with van der Waals surface area (Å²) in [6, 6.07) is -0.519. The number of nitrogens with one attached hydrogen (secondary N) is 1. The Bertz CT molecular complexity index is 327. The molecule has 0 saturated heterocycles. The van der Waals surface area contributed by atoms with Crippen LogP contribution in [-0.4, -0.2) is 53.7 Å². The van der Waals surface area contributed by atoms with Crippen molar-refractivity contribution < 1.29 is 24.2 Å². The van der Waals surface area contributed by atoms with E-state index in [-0.39, 0.29) is 19.6 Å². The number of esters is 1. The lowest BCUT2D eigenvalue weighted by molar-refractivity contribution is -0.143. The molecular formula is C11H20N2O5. The van der Waals surface area contributed by atoms with Crippen LogP contribution in [0.25, 0.3) is 0 Å². The lowest BCUT2D eigenvalue weighted by atomic mass is 10.0. The number of hydrogen-bond acceptors (Lipinski definition) is 4. The molecule has 0 atom stereocenters. The number of carboxylic acids is 1. The molecule has 2 amide bonds. The first-order chi connectivity index (χ1) is 8.18. The molecule has 0 bridgehead atoms. The minimum atomic E-state index is -1.01. The van der Waals surface area contributed by atoms with Gasteiger partial charge in [0.2, 0.25) is 0 Å². The van der Waals surface area contributed by atoms with Crippen molar-refractivity contribution in [2.75, 3.05) is 20.2 Å². The van der Waals surface area contributed by atoms with Crippen LogP contribution in [0, 0.1) is 0 Å². The summed E-state index contributed by atoms with van der Waals surface area (Å²) in [5.74, 6) is -1.51. The average molecular weight is 260 g/mol. The second kappa shape index (κ2) is 6.83. The lowest BCUT2D eigenvalue weighted by Crippen LogP contribution is -2.51. The molecular weight excluding hydrogens is 240 g/mol. The van der Waals surface area contributed by atoms with Crippen molar-refractivity contribution in [2.45, 2.75) is 32.7 Å². The van der Waals surface area contributed by atoms with Crippen LogP contribution in [-0.2, 0) is 14.3 Å². The molecule has 0 aromatic rings. The molecule has 0 radical (unpaired) electrons. The first kappa shape index (κ1) is 16.2. The van der Waals surface area contributed by atoms with Gasteiger partial charge in [0.15, 0.2) is 0 Å². The summed E-state index contributed by atoms with van der Waals surface area (Å²) in [5.41, 5.74) is -0.883. The summed E-state index contributed by atoms with van der Waals surface area (Å²) >= 11 is 0. The minimum absolute atomic E-state index is 0.178. The van der Waals surface area contributed by atoms with Gasteiger partial charge in [0.1, 0.15) is 6.54 Å². The number of urea groups is 1. The number of aliphatic carboxylic acids is 1. The fourth-order valence-electron chi connectivity index (χ4n) is 1.28. The molecule has 0 heterocycles. The van der Waals surface area contributed by atoms with Gasteiger partial charge >= 0.3 is 18.0 Å². The van der Waals surface area contributed by atoms with E-state index in [4.69, 9.17) is 9.84 Å². The van der Waals surface area contributed by atoms with Gasteiger partial charge in [-0.25, -0.2) is 4.79 Å². The van der Waals surface area contributed by atoms with E-state index >= 15 is 0 Å². The highest BCUT2D eigenvalue weighted by Crippen LogP contribution is 2.08. The SMILES string of the molecule is CCOC(=O)CN(C)C(=O)NC(C)(C)CC(=O)O. The molecule has 0 rings (SSSR count). The molecule has 7 nitrogen and oxygen atoms in total. The third-order valence-corrected chi connectivity index (χ3v) is 2.06. The van der Waals surface area contributed by atoms with Crippen LogP contribution in [0.4, 0.5) is 4.79 Å². The second-order valence-corrected chi connectivity index (χ2v) is 4.55. The van der Waals surface area contributed by atoms with Crippen LogP contribution >= 0.6 is 0 Å². The van der Waals surface area contributed by atoms with Crippen LogP contribution in [0.3, 0.4) is 0 Å². The lowest BCUT2D eigenvalue weighted by Gasteiger charge is -2.27. The van der Waals surface area contributed by atoms with Crippen LogP contribution in [0.15, 0.2) is 0 Å². The van der Waals surface area contributed by atoms with Crippen LogP contribution in [0.5, 0.6) is 0 Å². The monoisotopic (exact) mass is 260 g/mol. The number of amides is 2. The van der Waals surface area contributed by atoms with E-state index in [1.54, 1.807) is 20.8 Å². The van der Waals surface area contributed by atoms with Gasteiger partial charge in [-0.2, -0.15) is 0 Å². The molecule has 0 aliphatic heterocycles. The Labute approximate surface area is 106 Å². The fourth-order valence-corrected chi connectivity index (χ4v) is 1.28. The topological polar surface area (TPSA) is 95.9 Å². The molecule has 0 fully saturated rings. The predicted octanol–water partition coefficient (Wildman–Crippen LogP) is 0.444. The highest BCUT2D eigenvalue weighted by molar-refractivity contribution is 5.81. The van der Waals surface area contributed by atoms with Gasteiger partial charge in [-0.05, 0) is 20.8 Å². The van der Waals surface area contributed by atoms with Crippen LogP contribution in [0.1, 0.15) is 27.2 Å². The van der Waals surface area contributed by atoms with Crippen LogP contribution < -0.4 is 5.32 Å². The standard InChI is InChI=1S/C11H20N2O5/c1-5-18-9(16)7-13(4)10(17)12-11(2,3)6-8(14)15/h5-7H2,1-4H3,(H,12,17)(H,14,15). The Morgan fingerprint density at radius 3 is 2.33 bits per heavy atom. The molecule has 0 aliphatic carbocycles. The van der Waals surface area contributed by atoms with E-state index in [0.29, 0.717) is 0 Å². The van der Waals surface area contributed by atoms with Gasteiger partial charge in [0.05, 0.1) is 13.0 Å². The molecule has 0 aliphatic rings. The van der Waals surface area contributed by atoms with E-state index in [1.807, 2.05) is 0 Å². The van der Waals surface area contributed by atoms with Crippen molar-refractivity contribution >= 4 is 18.0 Å². The normalized spacial score (nSPS) is 10.7. The summed E-state index contributed by atoms with van der Waals surface area (Å²) in [6.45, 7) is 4.93. The number of rotatable bonds is 6. The van der Waals surface area contributed by atoms with E-state index in [1.165, 1.54) is 7.05 Å². The Balaban J connectivity index is 4.30. The number of nitrogens with zero attached hydrogens (tertiary/aromatic N) is 1. The zero-order valence-electron chi connectivity index (χ0n) is 11.1. The molecule has 0 saturated carbocycles. The van der Waals surface area contributed by atoms with Crippen molar-refractivity contribution in [3.8, 4) is 0 Å². The molecule has 0 spiro atoms. The summed E-state index contributed by atoms with van der Waals surface area (Å²) < 4.78 is 4.70. The Morgan fingerprint density at radius 2 is 1.89 bits per heavy atom. The third-order valence-electron chi connectivity index (χ3n) is 2.06. The summed E-state index contributed by atoms with van der Waals surface area (Å²) in [7, 11) is 1.43. The fraction of sp³-hybridized carbons (Fsp3) is 0.727. The Morgan fingerprint density at radius 1 is 1.33 bits per heavy atom. The number of carbonyl (C=O) groups excluding carboxylic acids is 2. The third kappa shape index (κ3) is 6.72. The Hall–Kier alpha value is -1.79. The number of carboxylic acid groups (broad SMARTS) is 1. The summed E-state index contributed by atoms with van der Waals surface area (Å²) in [4.78, 5) is 34.6. The molecule has 0 aromatic carbocycles. The minimum Gasteiger partial charge on any atom is -0.481 e. The van der Waals surface area contributed by atoms with Gasteiger partial charge in [-0.3, -0.25) is 9.59 Å². The highest BCUT2D eigenvalue weighted by Gasteiger charge is 2.26. The average Bonchev–Trinajstić information content (AvgIpc) is 2.14. The van der Waals surface area contributed by atoms with Crippen molar-refractivity contribution in [3.05, 3.63) is 0 Å². The van der Waals surface area contributed by atoms with E-state index in [0.717, 1.165) is 4.90 Å².